The molecular formula is C28H36F3N5O2. The lowest BCUT2D eigenvalue weighted by Gasteiger charge is -2.30. The Morgan fingerprint density at radius 1 is 1.08 bits per heavy atom. The van der Waals surface area contributed by atoms with Crippen molar-refractivity contribution in [3.63, 3.8) is 0 Å². The number of aliphatic hydroxyl groups is 1. The van der Waals surface area contributed by atoms with Gasteiger partial charge >= 0.3 is 6.18 Å². The third kappa shape index (κ3) is 5.53. The van der Waals surface area contributed by atoms with Crippen LogP contribution in [0.2, 0.25) is 0 Å². The Balaban J connectivity index is 1.59. The number of aryl methyl sites for hydroxylation is 1. The minimum atomic E-state index is -4.41. The van der Waals surface area contributed by atoms with Gasteiger partial charge in [0.25, 0.3) is 0 Å². The van der Waals surface area contributed by atoms with Crippen molar-refractivity contribution in [3.05, 3.63) is 57.9 Å². The molecule has 0 aliphatic carbocycles. The van der Waals surface area contributed by atoms with Crippen LogP contribution in [0.1, 0.15) is 53.4 Å². The minimum Gasteiger partial charge on any atom is -0.396 e. The molecular weight excluding hydrogens is 495 g/mol. The van der Waals surface area contributed by atoms with Crippen LogP contribution < -0.4 is 4.90 Å². The highest BCUT2D eigenvalue weighted by Gasteiger charge is 2.33. The van der Waals surface area contributed by atoms with E-state index in [4.69, 9.17) is 14.8 Å². The maximum absolute atomic E-state index is 13.7. The number of hydrogen-bond donors (Lipinski definition) is 1. The number of rotatable bonds is 7. The van der Waals surface area contributed by atoms with Crippen molar-refractivity contribution >= 4 is 11.5 Å². The second-order valence-electron chi connectivity index (χ2n) is 10.4. The molecule has 2 aliphatic rings. The van der Waals surface area contributed by atoms with Gasteiger partial charge in [-0.15, -0.1) is 5.10 Å². The van der Waals surface area contributed by atoms with Crippen molar-refractivity contribution in [2.24, 2.45) is 5.92 Å². The van der Waals surface area contributed by atoms with Crippen molar-refractivity contribution in [3.8, 4) is 0 Å². The summed E-state index contributed by atoms with van der Waals surface area (Å²) in [7, 11) is 0. The molecule has 3 aromatic rings. The highest BCUT2D eigenvalue weighted by Crippen LogP contribution is 2.34. The Hall–Kier alpha value is -2.69. The maximum Gasteiger partial charge on any atom is 0.416 e. The number of aliphatic hydroxyl groups excluding tert-OH is 1. The predicted molar refractivity (Wildman–Crippen MR) is 139 cm³/mol. The Bertz CT molecular complexity index is 1260. The number of nitrogens with zero attached hydrogens (tertiary/aromatic N) is 5. The molecule has 2 aromatic heterocycles. The van der Waals surface area contributed by atoms with Crippen LogP contribution in [-0.2, 0) is 30.3 Å². The second kappa shape index (κ2) is 11.2. The van der Waals surface area contributed by atoms with Crippen molar-refractivity contribution in [2.45, 2.75) is 52.3 Å². The Kier molecular flexibility index (Phi) is 7.93. The van der Waals surface area contributed by atoms with Crippen molar-refractivity contribution in [1.82, 2.24) is 19.5 Å². The van der Waals surface area contributed by atoms with Gasteiger partial charge in [0.2, 0.25) is 0 Å². The molecule has 2 fully saturated rings. The molecule has 5 rings (SSSR count). The van der Waals surface area contributed by atoms with Gasteiger partial charge in [-0.3, -0.25) is 4.90 Å². The first kappa shape index (κ1) is 26.9. The van der Waals surface area contributed by atoms with E-state index in [0.29, 0.717) is 37.7 Å². The summed E-state index contributed by atoms with van der Waals surface area (Å²) in [5.74, 6) is 1.16. The van der Waals surface area contributed by atoms with E-state index >= 15 is 0 Å². The maximum atomic E-state index is 13.7. The molecule has 7 nitrogen and oxygen atoms in total. The summed E-state index contributed by atoms with van der Waals surface area (Å²) in [6.07, 6.45) is -1.49. The number of halogens is 3. The van der Waals surface area contributed by atoms with Crippen LogP contribution in [0.3, 0.4) is 0 Å². The molecule has 0 bridgehead atoms. The third-order valence-corrected chi connectivity index (χ3v) is 7.99. The van der Waals surface area contributed by atoms with E-state index in [-0.39, 0.29) is 12.2 Å². The van der Waals surface area contributed by atoms with Gasteiger partial charge in [0.1, 0.15) is 5.82 Å². The van der Waals surface area contributed by atoms with Gasteiger partial charge in [-0.2, -0.15) is 13.2 Å². The molecule has 1 aromatic carbocycles. The fraction of sp³-hybridized carbons (Fsp3) is 0.571. The minimum absolute atomic E-state index is 0.205. The van der Waals surface area contributed by atoms with Crippen LogP contribution in [0.25, 0.3) is 5.65 Å². The van der Waals surface area contributed by atoms with E-state index in [1.54, 1.807) is 13.0 Å². The zero-order chi connectivity index (χ0) is 26.9. The topological polar surface area (TPSA) is 66.1 Å². The first-order valence-electron chi connectivity index (χ1n) is 13.5. The monoisotopic (exact) mass is 531 g/mol. The number of hydrogen-bond acceptors (Lipinski definition) is 6. The number of ether oxygens (including phenoxy) is 1. The fourth-order valence-electron chi connectivity index (χ4n) is 5.57. The molecule has 0 amide bonds. The summed E-state index contributed by atoms with van der Waals surface area (Å²) in [4.78, 5) is 9.56. The van der Waals surface area contributed by atoms with Crippen LogP contribution in [-0.4, -0.2) is 70.6 Å². The number of imidazole rings is 1. The smallest absolute Gasteiger partial charge is 0.396 e. The lowest BCUT2D eigenvalue weighted by Crippen LogP contribution is -2.37. The second-order valence-corrected chi connectivity index (χ2v) is 10.4. The number of piperidine rings is 1. The largest absolute Gasteiger partial charge is 0.416 e. The van der Waals surface area contributed by atoms with Gasteiger partial charge in [-0.05, 0) is 68.5 Å². The molecule has 10 heteroatoms. The van der Waals surface area contributed by atoms with Crippen LogP contribution in [0, 0.1) is 12.8 Å². The molecule has 206 valence electrons. The van der Waals surface area contributed by atoms with Gasteiger partial charge in [-0.1, -0.05) is 19.1 Å². The zero-order valence-electron chi connectivity index (χ0n) is 22.1. The third-order valence-electron chi connectivity index (χ3n) is 7.99. The van der Waals surface area contributed by atoms with Crippen molar-refractivity contribution in [2.75, 3.05) is 50.9 Å². The standard InChI is InChI=1S/C28H36F3N5O2/c1-3-21-16-26(35-11-13-38-14-12-35)33-36-25(15-22-5-4-6-23(19(22)2)28(29,30)31)24(32-27(21)36)17-34-9-7-20(18-37)8-10-34/h4-6,16,20,37H,3,7-15,17-18H2,1-2H3. The summed E-state index contributed by atoms with van der Waals surface area (Å²) >= 11 is 0. The quantitative estimate of drug-likeness (QED) is 0.492. The summed E-state index contributed by atoms with van der Waals surface area (Å²) < 4.78 is 48.5. The number of likely N-dealkylation sites (tertiary alicyclic amines) is 1. The number of anilines is 1. The molecule has 0 atom stereocenters. The number of alkyl halides is 3. The van der Waals surface area contributed by atoms with Crippen molar-refractivity contribution in [1.29, 1.82) is 0 Å². The molecule has 38 heavy (non-hydrogen) atoms. The van der Waals surface area contributed by atoms with E-state index in [1.807, 2.05) is 4.52 Å². The molecule has 2 aliphatic heterocycles. The van der Waals surface area contributed by atoms with Crippen molar-refractivity contribution < 1.29 is 23.0 Å². The Morgan fingerprint density at radius 3 is 2.47 bits per heavy atom. The average molecular weight is 532 g/mol. The molecule has 4 heterocycles. The normalized spacial score (nSPS) is 18.0. The fourth-order valence-corrected chi connectivity index (χ4v) is 5.57. The molecule has 2 saturated heterocycles. The van der Waals surface area contributed by atoms with E-state index in [2.05, 4.69) is 22.8 Å². The molecule has 0 saturated carbocycles. The number of benzene rings is 1. The summed E-state index contributed by atoms with van der Waals surface area (Å²) in [6.45, 7) is 8.90. The SMILES string of the molecule is CCc1cc(N2CCOCC2)nn2c(Cc3cccc(C(F)(F)F)c3C)c(CN3CCC(CO)CC3)nc12. The molecule has 0 spiro atoms. The average Bonchev–Trinajstić information content (AvgIpc) is 3.26. The number of morpholine rings is 1. The summed E-state index contributed by atoms with van der Waals surface area (Å²) in [5, 5.41) is 14.5. The lowest BCUT2D eigenvalue weighted by molar-refractivity contribution is -0.138. The highest BCUT2D eigenvalue weighted by atomic mass is 19.4. The number of aromatic nitrogens is 3. The van der Waals surface area contributed by atoms with E-state index in [1.165, 1.54) is 6.07 Å². The van der Waals surface area contributed by atoms with Crippen LogP contribution in [0.4, 0.5) is 19.0 Å². The lowest BCUT2D eigenvalue weighted by atomic mass is 9.96. The first-order chi connectivity index (χ1) is 18.3. The number of fused-ring (bicyclic) bond motifs is 1. The zero-order valence-corrected chi connectivity index (χ0v) is 22.1. The molecule has 1 N–H and O–H groups in total. The van der Waals surface area contributed by atoms with Gasteiger partial charge in [-0.25, -0.2) is 9.50 Å². The van der Waals surface area contributed by atoms with Crippen LogP contribution >= 0.6 is 0 Å². The van der Waals surface area contributed by atoms with Gasteiger partial charge < -0.3 is 14.7 Å². The van der Waals surface area contributed by atoms with Crippen LogP contribution in [0.15, 0.2) is 24.3 Å². The predicted octanol–water partition coefficient (Wildman–Crippen LogP) is 4.25. The van der Waals surface area contributed by atoms with Gasteiger partial charge in [0, 0.05) is 38.2 Å². The van der Waals surface area contributed by atoms with Gasteiger partial charge in [0.15, 0.2) is 5.65 Å². The first-order valence-corrected chi connectivity index (χ1v) is 13.5. The molecule has 0 radical (unpaired) electrons. The summed E-state index contributed by atoms with van der Waals surface area (Å²) in [5.41, 5.74) is 3.77. The van der Waals surface area contributed by atoms with E-state index in [9.17, 15) is 18.3 Å². The van der Waals surface area contributed by atoms with Gasteiger partial charge in [0.05, 0.1) is 30.2 Å². The Morgan fingerprint density at radius 2 is 1.82 bits per heavy atom. The summed E-state index contributed by atoms with van der Waals surface area (Å²) in [6, 6.07) is 6.48. The molecule has 0 unspecified atom stereocenters. The van der Waals surface area contributed by atoms with E-state index < -0.39 is 11.7 Å². The Labute approximate surface area is 221 Å². The van der Waals surface area contributed by atoms with E-state index in [0.717, 1.165) is 79.9 Å². The highest BCUT2D eigenvalue weighted by molar-refractivity contribution is 5.56. The van der Waals surface area contributed by atoms with Crippen LogP contribution in [0.5, 0.6) is 0 Å².